The molecule has 32 heavy (non-hydrogen) atoms. The fourth-order valence-corrected chi connectivity index (χ4v) is 4.81. The van der Waals surface area contributed by atoms with Gasteiger partial charge in [-0.05, 0) is 62.2 Å². The van der Waals surface area contributed by atoms with Crippen LogP contribution < -0.4 is 10.6 Å². The highest BCUT2D eigenvalue weighted by atomic mass is 79.9. The Balaban J connectivity index is 1.67. The molecule has 6 heteroatoms. The highest BCUT2D eigenvalue weighted by molar-refractivity contribution is 9.10. The van der Waals surface area contributed by atoms with Crippen LogP contribution in [0.1, 0.15) is 29.7 Å². The first-order chi connectivity index (χ1) is 15.4. The summed E-state index contributed by atoms with van der Waals surface area (Å²) in [4.78, 5) is 18.5. The highest BCUT2D eigenvalue weighted by Gasteiger charge is 2.34. The molecule has 0 bridgehead atoms. The fraction of sp³-hybridized carbons (Fsp3) is 0.154. The predicted octanol–water partition coefficient (Wildman–Crippen LogP) is 6.34. The Bertz CT molecular complexity index is 1400. The molecule has 0 spiro atoms. The van der Waals surface area contributed by atoms with Gasteiger partial charge in [-0.2, -0.15) is 0 Å². The van der Waals surface area contributed by atoms with Crippen LogP contribution in [0.25, 0.3) is 11.0 Å². The van der Waals surface area contributed by atoms with E-state index in [2.05, 4.69) is 49.3 Å². The Hall–Kier alpha value is -3.38. The van der Waals surface area contributed by atoms with Crippen molar-refractivity contribution < 1.29 is 4.79 Å². The van der Waals surface area contributed by atoms with E-state index >= 15 is 0 Å². The second kappa shape index (κ2) is 7.95. The average molecular weight is 487 g/mol. The quantitative estimate of drug-likeness (QED) is 0.355. The number of aryl methyl sites for hydroxylation is 2. The molecular weight excluding hydrogens is 464 g/mol. The van der Waals surface area contributed by atoms with E-state index in [1.807, 2.05) is 69.3 Å². The second-order valence-corrected chi connectivity index (χ2v) is 9.10. The third-order valence-electron chi connectivity index (χ3n) is 5.87. The van der Waals surface area contributed by atoms with Gasteiger partial charge in [-0.1, -0.05) is 57.9 Å². The molecule has 0 saturated carbocycles. The Morgan fingerprint density at radius 2 is 1.84 bits per heavy atom. The van der Waals surface area contributed by atoms with Crippen LogP contribution in [0.5, 0.6) is 0 Å². The first kappa shape index (κ1) is 20.5. The van der Waals surface area contributed by atoms with Crippen molar-refractivity contribution in [2.75, 3.05) is 10.6 Å². The first-order valence-corrected chi connectivity index (χ1v) is 11.3. The van der Waals surface area contributed by atoms with Crippen molar-refractivity contribution in [1.29, 1.82) is 0 Å². The van der Waals surface area contributed by atoms with Crippen molar-refractivity contribution in [2.45, 2.75) is 26.8 Å². The summed E-state index contributed by atoms with van der Waals surface area (Å²) in [6, 6.07) is 21.8. The van der Waals surface area contributed by atoms with Crippen LogP contribution in [0, 0.1) is 13.8 Å². The van der Waals surface area contributed by atoms with Gasteiger partial charge in [0.25, 0.3) is 5.91 Å². The minimum atomic E-state index is -0.318. The van der Waals surface area contributed by atoms with Crippen molar-refractivity contribution in [3.05, 3.63) is 99.2 Å². The van der Waals surface area contributed by atoms with Gasteiger partial charge in [-0.15, -0.1) is 0 Å². The Morgan fingerprint density at radius 3 is 2.62 bits per heavy atom. The minimum absolute atomic E-state index is 0.129. The lowest BCUT2D eigenvalue weighted by Crippen LogP contribution is -2.31. The molecule has 3 aromatic carbocycles. The summed E-state index contributed by atoms with van der Waals surface area (Å²) in [5.74, 6) is 0.604. The molecule has 5 nitrogen and oxygen atoms in total. The van der Waals surface area contributed by atoms with E-state index in [0.717, 1.165) is 49.5 Å². The molecule has 1 aliphatic heterocycles. The van der Waals surface area contributed by atoms with E-state index in [-0.39, 0.29) is 11.9 Å². The van der Waals surface area contributed by atoms with Gasteiger partial charge in [0.1, 0.15) is 0 Å². The van der Waals surface area contributed by atoms with Crippen LogP contribution in [0.3, 0.4) is 0 Å². The lowest BCUT2D eigenvalue weighted by molar-refractivity contribution is -0.113. The molecular formula is C26H23BrN4O. The number of aromatic nitrogens is 2. The monoisotopic (exact) mass is 486 g/mol. The van der Waals surface area contributed by atoms with Crippen molar-refractivity contribution in [2.24, 2.45) is 0 Å². The van der Waals surface area contributed by atoms with Crippen LogP contribution in [-0.2, 0) is 4.79 Å². The molecule has 0 aliphatic carbocycles. The maximum atomic E-state index is 13.7. The molecule has 5 rings (SSSR count). The van der Waals surface area contributed by atoms with E-state index in [0.29, 0.717) is 5.57 Å². The number of hydrogen-bond donors (Lipinski definition) is 2. The average Bonchev–Trinajstić information content (AvgIpc) is 3.12. The molecule has 160 valence electrons. The maximum absolute atomic E-state index is 13.7. The third kappa shape index (κ3) is 3.50. The Kier molecular flexibility index (Phi) is 5.10. The van der Waals surface area contributed by atoms with Crippen LogP contribution in [0.4, 0.5) is 11.6 Å². The molecule has 0 fully saturated rings. The zero-order chi connectivity index (χ0) is 22.4. The SMILES string of the molecule is CC1=C(C(=O)Nc2ccc(C)cc2C)C(c2cccc(Br)c2)n2c(nc3ccccc32)N1. The van der Waals surface area contributed by atoms with Crippen LogP contribution in [-0.4, -0.2) is 15.5 Å². The number of hydrogen-bond acceptors (Lipinski definition) is 3. The molecule has 1 amide bonds. The summed E-state index contributed by atoms with van der Waals surface area (Å²) >= 11 is 3.59. The largest absolute Gasteiger partial charge is 0.329 e. The van der Waals surface area contributed by atoms with Gasteiger partial charge in [-0.3, -0.25) is 9.36 Å². The number of para-hydroxylation sites is 2. The van der Waals surface area contributed by atoms with Gasteiger partial charge in [-0.25, -0.2) is 4.98 Å². The molecule has 2 N–H and O–H groups in total. The smallest absolute Gasteiger partial charge is 0.255 e. The molecule has 1 unspecified atom stereocenters. The maximum Gasteiger partial charge on any atom is 0.255 e. The van der Waals surface area contributed by atoms with Crippen molar-refractivity contribution >= 4 is 44.5 Å². The van der Waals surface area contributed by atoms with E-state index < -0.39 is 0 Å². The number of nitrogens with zero attached hydrogens (tertiary/aromatic N) is 2. The number of allylic oxidation sites excluding steroid dienone is 1. The van der Waals surface area contributed by atoms with Crippen molar-refractivity contribution in [3.8, 4) is 0 Å². The van der Waals surface area contributed by atoms with Gasteiger partial charge >= 0.3 is 0 Å². The van der Waals surface area contributed by atoms with E-state index in [9.17, 15) is 4.79 Å². The summed E-state index contributed by atoms with van der Waals surface area (Å²) in [6.45, 7) is 5.99. The zero-order valence-corrected chi connectivity index (χ0v) is 19.7. The summed E-state index contributed by atoms with van der Waals surface area (Å²) in [7, 11) is 0. The third-order valence-corrected chi connectivity index (χ3v) is 6.36. The number of fused-ring (bicyclic) bond motifs is 3. The fourth-order valence-electron chi connectivity index (χ4n) is 4.39. The minimum Gasteiger partial charge on any atom is -0.329 e. The Morgan fingerprint density at radius 1 is 1.03 bits per heavy atom. The zero-order valence-electron chi connectivity index (χ0n) is 18.1. The van der Waals surface area contributed by atoms with Gasteiger partial charge in [0, 0.05) is 15.9 Å². The molecule has 4 aromatic rings. The van der Waals surface area contributed by atoms with Gasteiger partial charge in [0.05, 0.1) is 22.6 Å². The number of carbonyl (C=O) groups is 1. The van der Waals surface area contributed by atoms with Crippen LogP contribution in [0.2, 0.25) is 0 Å². The summed E-state index contributed by atoms with van der Waals surface area (Å²) < 4.78 is 3.08. The first-order valence-electron chi connectivity index (χ1n) is 10.5. The predicted molar refractivity (Wildman–Crippen MR) is 133 cm³/mol. The normalized spacial score (nSPS) is 15.4. The molecule has 0 radical (unpaired) electrons. The highest BCUT2D eigenvalue weighted by Crippen LogP contribution is 2.40. The molecule has 2 heterocycles. The molecule has 1 aromatic heterocycles. The molecule has 1 aliphatic rings. The standard InChI is InChI=1S/C26H23BrN4O/c1-15-11-12-20(16(2)13-15)29-25(32)23-17(3)28-26-30-21-9-4-5-10-22(21)31(26)24(23)18-7-6-8-19(27)14-18/h4-14,24H,1-3H3,(H,28,30)(H,29,32). The second-order valence-electron chi connectivity index (χ2n) is 8.19. The number of benzene rings is 3. The van der Waals surface area contributed by atoms with Gasteiger partial charge in [0.15, 0.2) is 0 Å². The molecule has 0 saturated heterocycles. The summed E-state index contributed by atoms with van der Waals surface area (Å²) in [6.07, 6.45) is 0. The summed E-state index contributed by atoms with van der Waals surface area (Å²) in [5.41, 5.74) is 7.34. The number of halogens is 1. The van der Waals surface area contributed by atoms with E-state index in [1.54, 1.807) is 0 Å². The number of rotatable bonds is 3. The summed E-state index contributed by atoms with van der Waals surface area (Å²) in [5, 5.41) is 6.50. The number of anilines is 2. The molecule has 1 atom stereocenters. The van der Waals surface area contributed by atoms with Gasteiger partial charge < -0.3 is 10.6 Å². The van der Waals surface area contributed by atoms with Gasteiger partial charge in [0.2, 0.25) is 5.95 Å². The number of nitrogens with one attached hydrogen (secondary N) is 2. The number of carbonyl (C=O) groups excluding carboxylic acids is 1. The number of imidazole rings is 1. The van der Waals surface area contributed by atoms with E-state index in [4.69, 9.17) is 4.98 Å². The number of amides is 1. The lowest BCUT2D eigenvalue weighted by atomic mass is 9.94. The Labute approximate surface area is 195 Å². The van der Waals surface area contributed by atoms with Crippen molar-refractivity contribution in [3.63, 3.8) is 0 Å². The van der Waals surface area contributed by atoms with E-state index in [1.165, 1.54) is 0 Å². The van der Waals surface area contributed by atoms with Crippen LogP contribution in [0.15, 0.2) is 82.5 Å². The van der Waals surface area contributed by atoms with Crippen molar-refractivity contribution in [1.82, 2.24) is 9.55 Å². The lowest BCUT2D eigenvalue weighted by Gasteiger charge is -2.31. The van der Waals surface area contributed by atoms with Crippen LogP contribution >= 0.6 is 15.9 Å². The topological polar surface area (TPSA) is 59.0 Å².